The molecule has 0 spiro atoms. The smallest absolute Gasteiger partial charge is 0.251 e. The SMILES string of the molecule is Cc1cccc(N2CCN(C(=O)CCc3cc4ccccc4[nH]c3=O)CC2)c1C. The molecular formula is C24H27N3O2. The summed E-state index contributed by atoms with van der Waals surface area (Å²) >= 11 is 0. The van der Waals surface area contributed by atoms with Crippen LogP contribution in [0.25, 0.3) is 10.9 Å². The van der Waals surface area contributed by atoms with Gasteiger partial charge in [0.2, 0.25) is 5.91 Å². The maximum atomic E-state index is 12.7. The second-order valence-electron chi connectivity index (χ2n) is 7.80. The lowest BCUT2D eigenvalue weighted by molar-refractivity contribution is -0.131. The number of nitrogens with zero attached hydrogens (tertiary/aromatic N) is 2. The second-order valence-corrected chi connectivity index (χ2v) is 7.80. The van der Waals surface area contributed by atoms with Crippen molar-refractivity contribution >= 4 is 22.5 Å². The zero-order chi connectivity index (χ0) is 20.4. The van der Waals surface area contributed by atoms with Gasteiger partial charge in [0.25, 0.3) is 5.56 Å². The molecule has 150 valence electrons. The molecule has 1 aromatic heterocycles. The number of carbonyl (C=O) groups is 1. The summed E-state index contributed by atoms with van der Waals surface area (Å²) in [5, 5.41) is 0.997. The topological polar surface area (TPSA) is 56.4 Å². The number of aromatic nitrogens is 1. The average Bonchev–Trinajstić information content (AvgIpc) is 2.74. The van der Waals surface area contributed by atoms with Crippen LogP contribution in [-0.4, -0.2) is 42.0 Å². The van der Waals surface area contributed by atoms with Crippen molar-refractivity contribution in [2.45, 2.75) is 26.7 Å². The molecule has 1 fully saturated rings. The van der Waals surface area contributed by atoms with Crippen LogP contribution in [0.2, 0.25) is 0 Å². The summed E-state index contributed by atoms with van der Waals surface area (Å²) in [6.07, 6.45) is 0.834. The van der Waals surface area contributed by atoms with Crippen LogP contribution in [0.4, 0.5) is 5.69 Å². The highest BCUT2D eigenvalue weighted by molar-refractivity contribution is 5.79. The molecule has 0 aliphatic carbocycles. The second kappa shape index (κ2) is 8.11. The van der Waals surface area contributed by atoms with Gasteiger partial charge in [0.1, 0.15) is 0 Å². The highest BCUT2D eigenvalue weighted by Crippen LogP contribution is 2.24. The highest BCUT2D eigenvalue weighted by atomic mass is 16.2. The van der Waals surface area contributed by atoms with Gasteiger partial charge < -0.3 is 14.8 Å². The Morgan fingerprint density at radius 3 is 2.55 bits per heavy atom. The number of hydrogen-bond acceptors (Lipinski definition) is 3. The molecule has 1 amide bonds. The molecule has 1 saturated heterocycles. The first-order valence-corrected chi connectivity index (χ1v) is 10.2. The van der Waals surface area contributed by atoms with Crippen molar-refractivity contribution < 1.29 is 4.79 Å². The fourth-order valence-electron chi connectivity index (χ4n) is 4.05. The van der Waals surface area contributed by atoms with Gasteiger partial charge in [0.05, 0.1) is 0 Å². The van der Waals surface area contributed by atoms with Crippen LogP contribution in [0.5, 0.6) is 0 Å². The number of H-pyrrole nitrogens is 1. The van der Waals surface area contributed by atoms with Gasteiger partial charge in [-0.2, -0.15) is 0 Å². The third-order valence-electron chi connectivity index (χ3n) is 5.99. The zero-order valence-corrected chi connectivity index (χ0v) is 17.1. The first kappa shape index (κ1) is 19.2. The number of piperazine rings is 1. The van der Waals surface area contributed by atoms with Gasteiger partial charge in [-0.25, -0.2) is 0 Å². The predicted molar refractivity (Wildman–Crippen MR) is 118 cm³/mol. The quantitative estimate of drug-likeness (QED) is 0.744. The molecule has 5 nitrogen and oxygen atoms in total. The van der Waals surface area contributed by atoms with Gasteiger partial charge in [-0.1, -0.05) is 30.3 Å². The number of fused-ring (bicyclic) bond motifs is 1. The summed E-state index contributed by atoms with van der Waals surface area (Å²) in [4.78, 5) is 32.2. The van der Waals surface area contributed by atoms with Crippen LogP contribution < -0.4 is 10.5 Å². The van der Waals surface area contributed by atoms with Crippen LogP contribution in [0.15, 0.2) is 53.3 Å². The molecule has 0 unspecified atom stereocenters. The molecule has 2 aromatic carbocycles. The number of benzene rings is 2. The number of aromatic amines is 1. The fraction of sp³-hybridized carbons (Fsp3) is 0.333. The van der Waals surface area contributed by atoms with E-state index in [1.807, 2.05) is 35.2 Å². The number of amides is 1. The molecule has 1 N–H and O–H groups in total. The maximum absolute atomic E-state index is 12.7. The number of nitrogens with one attached hydrogen (secondary N) is 1. The van der Waals surface area contributed by atoms with Crippen molar-refractivity contribution in [2.75, 3.05) is 31.1 Å². The molecule has 4 rings (SSSR count). The van der Waals surface area contributed by atoms with E-state index in [0.717, 1.165) is 37.1 Å². The van der Waals surface area contributed by atoms with Gasteiger partial charge in [0, 0.05) is 49.4 Å². The van der Waals surface area contributed by atoms with E-state index in [2.05, 4.69) is 41.9 Å². The van der Waals surface area contributed by atoms with Crippen molar-refractivity contribution in [3.05, 3.63) is 75.6 Å². The number of rotatable bonds is 4. The van der Waals surface area contributed by atoms with Gasteiger partial charge in [-0.3, -0.25) is 9.59 Å². The van der Waals surface area contributed by atoms with E-state index in [4.69, 9.17) is 0 Å². The minimum Gasteiger partial charge on any atom is -0.368 e. The van der Waals surface area contributed by atoms with Crippen molar-refractivity contribution in [1.82, 2.24) is 9.88 Å². The van der Waals surface area contributed by atoms with E-state index in [1.54, 1.807) is 0 Å². The molecule has 0 atom stereocenters. The number of anilines is 1. The fourth-order valence-corrected chi connectivity index (χ4v) is 4.05. The van der Waals surface area contributed by atoms with E-state index < -0.39 is 0 Å². The van der Waals surface area contributed by atoms with Crippen molar-refractivity contribution in [3.8, 4) is 0 Å². The van der Waals surface area contributed by atoms with Crippen LogP contribution in [-0.2, 0) is 11.2 Å². The molecule has 0 radical (unpaired) electrons. The molecule has 5 heteroatoms. The normalized spacial score (nSPS) is 14.4. The lowest BCUT2D eigenvalue weighted by Gasteiger charge is -2.37. The molecule has 0 saturated carbocycles. The molecule has 1 aliphatic rings. The van der Waals surface area contributed by atoms with Gasteiger partial charge in [-0.05, 0) is 55.0 Å². The summed E-state index contributed by atoms with van der Waals surface area (Å²) in [7, 11) is 0. The molecule has 0 bridgehead atoms. The number of hydrogen-bond donors (Lipinski definition) is 1. The molecular weight excluding hydrogens is 362 g/mol. The van der Waals surface area contributed by atoms with Gasteiger partial charge in [0.15, 0.2) is 0 Å². The average molecular weight is 389 g/mol. The molecule has 1 aliphatic heterocycles. The van der Waals surface area contributed by atoms with Gasteiger partial charge >= 0.3 is 0 Å². The van der Waals surface area contributed by atoms with E-state index in [9.17, 15) is 9.59 Å². The van der Waals surface area contributed by atoms with E-state index in [0.29, 0.717) is 18.4 Å². The number of pyridine rings is 1. The van der Waals surface area contributed by atoms with E-state index in [-0.39, 0.29) is 11.5 Å². The van der Waals surface area contributed by atoms with Crippen LogP contribution in [0.3, 0.4) is 0 Å². The Morgan fingerprint density at radius 2 is 1.76 bits per heavy atom. The standard InChI is InChI=1S/C24H27N3O2/c1-17-6-5-9-22(18(17)2)26-12-14-27(15-13-26)23(28)11-10-20-16-19-7-3-4-8-21(19)25-24(20)29/h3-9,16H,10-15H2,1-2H3,(H,25,29). The van der Waals surface area contributed by atoms with Crippen molar-refractivity contribution in [1.29, 1.82) is 0 Å². The lowest BCUT2D eigenvalue weighted by Crippen LogP contribution is -2.49. The zero-order valence-electron chi connectivity index (χ0n) is 17.1. The summed E-state index contributed by atoms with van der Waals surface area (Å²) < 4.78 is 0. The number of aryl methyl sites for hydroxylation is 2. The third kappa shape index (κ3) is 4.04. The first-order chi connectivity index (χ1) is 14.0. The number of carbonyl (C=O) groups excluding carboxylic acids is 1. The van der Waals surface area contributed by atoms with Crippen molar-refractivity contribution in [2.24, 2.45) is 0 Å². The Morgan fingerprint density at radius 1 is 1.00 bits per heavy atom. The largest absolute Gasteiger partial charge is 0.368 e. The minimum atomic E-state index is -0.101. The Kier molecular flexibility index (Phi) is 5.38. The van der Waals surface area contributed by atoms with Crippen LogP contribution >= 0.6 is 0 Å². The summed E-state index contributed by atoms with van der Waals surface area (Å²) in [5.41, 5.74) is 5.27. The molecule has 3 aromatic rings. The highest BCUT2D eigenvalue weighted by Gasteiger charge is 2.22. The Bertz CT molecular complexity index is 1090. The van der Waals surface area contributed by atoms with Crippen molar-refractivity contribution in [3.63, 3.8) is 0 Å². The predicted octanol–water partition coefficient (Wildman–Crippen LogP) is 3.43. The lowest BCUT2D eigenvalue weighted by atomic mass is 10.1. The van der Waals surface area contributed by atoms with Crippen LogP contribution in [0.1, 0.15) is 23.1 Å². The molecule has 29 heavy (non-hydrogen) atoms. The summed E-state index contributed by atoms with van der Waals surface area (Å²) in [6, 6.07) is 16.0. The first-order valence-electron chi connectivity index (χ1n) is 10.2. The number of para-hydroxylation sites is 1. The Labute approximate surface area is 171 Å². The van der Waals surface area contributed by atoms with Gasteiger partial charge in [-0.15, -0.1) is 0 Å². The Balaban J connectivity index is 1.36. The Hall–Kier alpha value is -3.08. The van der Waals surface area contributed by atoms with E-state index in [1.165, 1.54) is 16.8 Å². The molecule has 2 heterocycles. The minimum absolute atomic E-state index is 0.101. The third-order valence-corrected chi connectivity index (χ3v) is 5.99. The van der Waals surface area contributed by atoms with Crippen LogP contribution in [0, 0.1) is 13.8 Å². The van der Waals surface area contributed by atoms with E-state index >= 15 is 0 Å². The summed E-state index contributed by atoms with van der Waals surface area (Å²) in [6.45, 7) is 7.41. The summed E-state index contributed by atoms with van der Waals surface area (Å²) in [5.74, 6) is 0.123. The monoisotopic (exact) mass is 389 g/mol. The maximum Gasteiger partial charge on any atom is 0.251 e.